The Balaban J connectivity index is 1.75. The van der Waals surface area contributed by atoms with Crippen LogP contribution in [0.4, 0.5) is 0 Å². The molecular formula is C18H15NO3S. The van der Waals surface area contributed by atoms with Gasteiger partial charge in [-0.3, -0.25) is 9.59 Å². The maximum atomic E-state index is 12.4. The molecule has 0 amide bonds. The molecule has 116 valence electrons. The minimum atomic E-state index is -0.358. The number of nitrogens with one attached hydrogen (secondary N) is 1. The lowest BCUT2D eigenvalue weighted by Gasteiger charge is -2.17. The Morgan fingerprint density at radius 1 is 1.09 bits per heavy atom. The fraction of sp³-hybridized carbons (Fsp3) is 0.111. The van der Waals surface area contributed by atoms with Gasteiger partial charge in [0.15, 0.2) is 5.78 Å². The third kappa shape index (κ3) is 3.00. The number of rotatable bonds is 4. The highest BCUT2D eigenvalue weighted by atomic mass is 32.2. The van der Waals surface area contributed by atoms with Crippen LogP contribution >= 0.6 is 11.8 Å². The van der Waals surface area contributed by atoms with Crippen molar-refractivity contribution in [3.8, 4) is 5.75 Å². The average molecular weight is 325 g/mol. The summed E-state index contributed by atoms with van der Waals surface area (Å²) < 4.78 is 0. The second kappa shape index (κ2) is 6.30. The standard InChI is InChI=1S/C18H15NO3S/c1-11-5-2-3-8-16(11)23-10-19-13-9-15(21)12-6-4-7-14(20)17(12)18(13)22/h2-9,19-20H,10H2,1H3. The molecule has 1 aliphatic carbocycles. The van der Waals surface area contributed by atoms with E-state index in [1.807, 2.05) is 31.2 Å². The Kier molecular flexibility index (Phi) is 4.21. The van der Waals surface area contributed by atoms with Gasteiger partial charge in [0.2, 0.25) is 5.78 Å². The van der Waals surface area contributed by atoms with Gasteiger partial charge in [-0.2, -0.15) is 0 Å². The van der Waals surface area contributed by atoms with Crippen molar-refractivity contribution in [2.75, 3.05) is 5.88 Å². The molecule has 2 aromatic carbocycles. The summed E-state index contributed by atoms with van der Waals surface area (Å²) in [6.07, 6.45) is 1.29. The average Bonchev–Trinajstić information content (AvgIpc) is 2.53. The molecule has 0 unspecified atom stereocenters. The first-order chi connectivity index (χ1) is 11.1. The lowest BCUT2D eigenvalue weighted by atomic mass is 9.92. The van der Waals surface area contributed by atoms with Gasteiger partial charge in [0.25, 0.3) is 0 Å². The van der Waals surface area contributed by atoms with E-state index in [0.717, 1.165) is 10.5 Å². The van der Waals surface area contributed by atoms with Gasteiger partial charge in [0, 0.05) is 16.5 Å². The lowest BCUT2D eigenvalue weighted by Crippen LogP contribution is -2.26. The van der Waals surface area contributed by atoms with E-state index in [4.69, 9.17) is 0 Å². The van der Waals surface area contributed by atoms with Gasteiger partial charge < -0.3 is 10.4 Å². The quantitative estimate of drug-likeness (QED) is 0.667. The molecule has 4 nitrogen and oxygen atoms in total. The largest absolute Gasteiger partial charge is 0.507 e. The fourth-order valence-corrected chi connectivity index (χ4v) is 3.29. The van der Waals surface area contributed by atoms with E-state index in [2.05, 4.69) is 5.32 Å². The van der Waals surface area contributed by atoms with Crippen LogP contribution in [0.3, 0.4) is 0 Å². The minimum Gasteiger partial charge on any atom is -0.507 e. The Labute approximate surface area is 138 Å². The highest BCUT2D eigenvalue weighted by Crippen LogP contribution is 2.28. The van der Waals surface area contributed by atoms with Crippen LogP contribution in [-0.2, 0) is 0 Å². The predicted octanol–water partition coefficient (Wildman–Crippen LogP) is 3.30. The van der Waals surface area contributed by atoms with Crippen LogP contribution in [0.25, 0.3) is 0 Å². The number of aryl methyl sites for hydroxylation is 1. The van der Waals surface area contributed by atoms with Gasteiger partial charge in [0.1, 0.15) is 5.75 Å². The number of hydrogen-bond acceptors (Lipinski definition) is 5. The molecule has 0 bridgehead atoms. The number of hydrogen-bond donors (Lipinski definition) is 2. The summed E-state index contributed by atoms with van der Waals surface area (Å²) in [6, 6.07) is 12.5. The summed E-state index contributed by atoms with van der Waals surface area (Å²) in [5.41, 5.74) is 1.68. The number of fused-ring (bicyclic) bond motifs is 1. The topological polar surface area (TPSA) is 66.4 Å². The molecule has 3 rings (SSSR count). The van der Waals surface area contributed by atoms with Crippen LogP contribution in [-0.4, -0.2) is 22.5 Å². The van der Waals surface area contributed by atoms with Crippen LogP contribution in [0, 0.1) is 6.92 Å². The molecule has 0 radical (unpaired) electrons. The number of allylic oxidation sites excluding steroid dienone is 2. The molecule has 0 saturated heterocycles. The number of aromatic hydroxyl groups is 1. The molecular weight excluding hydrogens is 310 g/mol. The van der Waals surface area contributed by atoms with Crippen LogP contribution in [0.2, 0.25) is 0 Å². The van der Waals surface area contributed by atoms with Gasteiger partial charge in [0.05, 0.1) is 17.1 Å². The zero-order valence-corrected chi connectivity index (χ0v) is 13.3. The van der Waals surface area contributed by atoms with Crippen molar-refractivity contribution in [3.05, 3.63) is 70.9 Å². The molecule has 5 heteroatoms. The molecule has 0 spiro atoms. The SMILES string of the molecule is Cc1ccccc1SCNC1=CC(=O)c2cccc(O)c2C1=O. The minimum absolute atomic E-state index is 0.0726. The summed E-state index contributed by atoms with van der Waals surface area (Å²) >= 11 is 1.55. The monoisotopic (exact) mass is 325 g/mol. The number of carbonyl (C=O) groups excluding carboxylic acids is 2. The normalized spacial score (nSPS) is 13.5. The number of Topliss-reactive ketones (excluding diaryl/α,β-unsaturated/α-hetero) is 1. The van der Waals surface area contributed by atoms with E-state index in [1.54, 1.807) is 23.9 Å². The molecule has 2 aromatic rings. The summed E-state index contributed by atoms with van der Waals surface area (Å²) in [5, 5.41) is 12.9. The molecule has 0 aliphatic heterocycles. The molecule has 23 heavy (non-hydrogen) atoms. The zero-order chi connectivity index (χ0) is 16.4. The van der Waals surface area contributed by atoms with Crippen molar-refractivity contribution < 1.29 is 14.7 Å². The maximum Gasteiger partial charge on any atom is 0.213 e. The summed E-state index contributed by atoms with van der Waals surface area (Å²) in [6.45, 7) is 2.02. The van der Waals surface area contributed by atoms with Gasteiger partial charge >= 0.3 is 0 Å². The Bertz CT molecular complexity index is 827. The third-order valence-electron chi connectivity index (χ3n) is 3.64. The van der Waals surface area contributed by atoms with Crippen molar-refractivity contribution in [1.82, 2.24) is 5.32 Å². The second-order valence-electron chi connectivity index (χ2n) is 5.18. The highest BCUT2D eigenvalue weighted by molar-refractivity contribution is 7.99. The maximum absolute atomic E-state index is 12.4. The molecule has 0 fully saturated rings. The van der Waals surface area contributed by atoms with Gasteiger partial charge in [-0.15, -0.1) is 11.8 Å². The summed E-state index contributed by atoms with van der Waals surface area (Å²) in [5.74, 6) is -0.347. The molecule has 1 aliphatic rings. The van der Waals surface area contributed by atoms with E-state index >= 15 is 0 Å². The molecule has 0 saturated carbocycles. The van der Waals surface area contributed by atoms with E-state index in [-0.39, 0.29) is 34.1 Å². The Morgan fingerprint density at radius 2 is 1.87 bits per heavy atom. The van der Waals surface area contributed by atoms with Crippen molar-refractivity contribution >= 4 is 23.3 Å². The number of carbonyl (C=O) groups is 2. The van der Waals surface area contributed by atoms with Crippen LogP contribution in [0.15, 0.2) is 59.1 Å². The van der Waals surface area contributed by atoms with Crippen LogP contribution in [0.1, 0.15) is 26.3 Å². The lowest BCUT2D eigenvalue weighted by molar-refractivity contribution is 0.0976. The smallest absolute Gasteiger partial charge is 0.213 e. The van der Waals surface area contributed by atoms with E-state index in [1.165, 1.54) is 12.1 Å². The van der Waals surface area contributed by atoms with E-state index in [0.29, 0.717) is 5.88 Å². The van der Waals surface area contributed by atoms with Gasteiger partial charge in [-0.05, 0) is 24.6 Å². The zero-order valence-electron chi connectivity index (χ0n) is 12.5. The number of benzene rings is 2. The number of phenols is 1. The number of thioether (sulfide) groups is 1. The second-order valence-corrected chi connectivity index (χ2v) is 6.20. The fourth-order valence-electron chi connectivity index (χ4n) is 2.43. The van der Waals surface area contributed by atoms with Crippen molar-refractivity contribution in [2.45, 2.75) is 11.8 Å². The summed E-state index contributed by atoms with van der Waals surface area (Å²) in [7, 11) is 0. The first-order valence-electron chi connectivity index (χ1n) is 7.13. The molecule has 2 N–H and O–H groups in total. The van der Waals surface area contributed by atoms with Crippen molar-refractivity contribution in [2.24, 2.45) is 0 Å². The number of ketones is 2. The van der Waals surface area contributed by atoms with Gasteiger partial charge in [-0.1, -0.05) is 30.3 Å². The third-order valence-corrected chi connectivity index (χ3v) is 4.70. The van der Waals surface area contributed by atoms with Crippen molar-refractivity contribution in [3.63, 3.8) is 0 Å². The molecule has 0 atom stereocenters. The number of phenolic OH excluding ortho intramolecular Hbond substituents is 1. The Morgan fingerprint density at radius 3 is 2.65 bits per heavy atom. The first kappa shape index (κ1) is 15.4. The molecule has 0 aromatic heterocycles. The molecule has 0 heterocycles. The summed E-state index contributed by atoms with van der Waals surface area (Å²) in [4.78, 5) is 25.6. The predicted molar refractivity (Wildman–Crippen MR) is 89.9 cm³/mol. The van der Waals surface area contributed by atoms with Crippen LogP contribution < -0.4 is 5.32 Å². The first-order valence-corrected chi connectivity index (χ1v) is 8.11. The highest BCUT2D eigenvalue weighted by Gasteiger charge is 2.28. The van der Waals surface area contributed by atoms with Crippen LogP contribution in [0.5, 0.6) is 5.75 Å². The van der Waals surface area contributed by atoms with E-state index in [9.17, 15) is 14.7 Å². The van der Waals surface area contributed by atoms with Gasteiger partial charge in [-0.25, -0.2) is 0 Å². The van der Waals surface area contributed by atoms with E-state index < -0.39 is 0 Å². The Hall–Kier alpha value is -2.53. The van der Waals surface area contributed by atoms with Crippen molar-refractivity contribution in [1.29, 1.82) is 0 Å².